The van der Waals surface area contributed by atoms with Crippen molar-refractivity contribution < 1.29 is 9.90 Å². The summed E-state index contributed by atoms with van der Waals surface area (Å²) in [6.07, 6.45) is 0.287. The van der Waals surface area contributed by atoms with Gasteiger partial charge in [-0.25, -0.2) is 4.79 Å². The van der Waals surface area contributed by atoms with Gasteiger partial charge < -0.3 is 16.2 Å². The predicted octanol–water partition coefficient (Wildman–Crippen LogP) is -0.186. The second kappa shape index (κ2) is 2.37. The molecule has 0 aliphatic heterocycles. The average Bonchev–Trinajstić information content (AvgIpc) is 1.87. The molecule has 1 fully saturated rings. The average molecular weight is 158 g/mol. The molecule has 1 aliphatic rings. The summed E-state index contributed by atoms with van der Waals surface area (Å²) in [6.45, 7) is 3.81. The third kappa shape index (κ3) is 1.30. The summed E-state index contributed by atoms with van der Waals surface area (Å²) >= 11 is 0. The van der Waals surface area contributed by atoms with E-state index in [0.717, 1.165) is 0 Å². The Balaban J connectivity index is 2.46. The molecule has 2 atom stereocenters. The minimum absolute atomic E-state index is 0.0231. The van der Waals surface area contributed by atoms with E-state index in [1.54, 1.807) is 0 Å². The van der Waals surface area contributed by atoms with Crippen LogP contribution in [0.25, 0.3) is 0 Å². The van der Waals surface area contributed by atoms with Crippen molar-refractivity contribution in [3.63, 3.8) is 0 Å². The maximum Gasteiger partial charge on any atom is 0.312 e. The predicted molar refractivity (Wildman–Crippen MR) is 40.9 cm³/mol. The van der Waals surface area contributed by atoms with Gasteiger partial charge >= 0.3 is 6.03 Å². The van der Waals surface area contributed by atoms with Crippen LogP contribution in [0, 0.1) is 5.41 Å². The van der Waals surface area contributed by atoms with Gasteiger partial charge in [0.25, 0.3) is 0 Å². The maximum atomic E-state index is 10.4. The number of nitrogens with one attached hydrogen (secondary N) is 1. The lowest BCUT2D eigenvalue weighted by Crippen LogP contribution is -2.61. The van der Waals surface area contributed by atoms with E-state index < -0.39 is 6.03 Å². The van der Waals surface area contributed by atoms with Crippen molar-refractivity contribution in [2.45, 2.75) is 32.4 Å². The van der Waals surface area contributed by atoms with Gasteiger partial charge in [0, 0.05) is 11.5 Å². The number of hydrogen-bond donors (Lipinski definition) is 3. The number of nitrogens with two attached hydrogens (primary N) is 1. The first-order valence-electron chi connectivity index (χ1n) is 3.68. The highest BCUT2D eigenvalue weighted by Gasteiger charge is 2.47. The molecule has 0 aromatic rings. The molecule has 64 valence electrons. The molecule has 0 spiro atoms. The number of urea groups is 1. The molecule has 11 heavy (non-hydrogen) atoms. The zero-order valence-corrected chi connectivity index (χ0v) is 6.79. The topological polar surface area (TPSA) is 75.3 Å². The smallest absolute Gasteiger partial charge is 0.312 e. The highest BCUT2D eigenvalue weighted by Crippen LogP contribution is 2.40. The molecule has 0 heterocycles. The van der Waals surface area contributed by atoms with Crippen LogP contribution in [-0.2, 0) is 0 Å². The van der Waals surface area contributed by atoms with Gasteiger partial charge in [0.1, 0.15) is 0 Å². The summed E-state index contributed by atoms with van der Waals surface area (Å²) in [5, 5.41) is 11.8. The highest BCUT2D eigenvalue weighted by atomic mass is 16.3. The van der Waals surface area contributed by atoms with E-state index in [1.165, 1.54) is 0 Å². The minimum atomic E-state index is -0.519. The van der Waals surface area contributed by atoms with E-state index in [-0.39, 0.29) is 17.6 Å². The van der Waals surface area contributed by atoms with Crippen LogP contribution in [0.15, 0.2) is 0 Å². The molecule has 4 nitrogen and oxygen atoms in total. The van der Waals surface area contributed by atoms with Crippen molar-refractivity contribution in [1.29, 1.82) is 0 Å². The van der Waals surface area contributed by atoms with Gasteiger partial charge in [0.05, 0.1) is 6.10 Å². The zero-order valence-electron chi connectivity index (χ0n) is 6.79. The van der Waals surface area contributed by atoms with E-state index in [0.29, 0.717) is 6.42 Å². The Morgan fingerprint density at radius 2 is 2.27 bits per heavy atom. The van der Waals surface area contributed by atoms with Crippen molar-refractivity contribution >= 4 is 6.03 Å². The van der Waals surface area contributed by atoms with Crippen molar-refractivity contribution in [3.8, 4) is 0 Å². The molecule has 2 unspecified atom stereocenters. The number of aliphatic hydroxyl groups is 1. The third-order valence-corrected chi connectivity index (χ3v) is 2.53. The summed E-state index contributed by atoms with van der Waals surface area (Å²) in [7, 11) is 0. The van der Waals surface area contributed by atoms with Crippen molar-refractivity contribution in [2.24, 2.45) is 11.1 Å². The van der Waals surface area contributed by atoms with Crippen LogP contribution >= 0.6 is 0 Å². The standard InChI is InChI=1S/C7H14N2O2/c1-7(2)4(3-5(7)10)9-6(8)11/h4-5,10H,3H2,1-2H3,(H3,8,9,11). The van der Waals surface area contributed by atoms with Crippen LogP contribution in [0.2, 0.25) is 0 Å². The molecule has 0 aromatic heterocycles. The Labute approximate surface area is 65.8 Å². The fraction of sp³-hybridized carbons (Fsp3) is 0.857. The van der Waals surface area contributed by atoms with Crippen molar-refractivity contribution in [3.05, 3.63) is 0 Å². The highest BCUT2D eigenvalue weighted by molar-refractivity contribution is 5.72. The third-order valence-electron chi connectivity index (χ3n) is 2.53. The van der Waals surface area contributed by atoms with Gasteiger partial charge in [-0.2, -0.15) is 0 Å². The van der Waals surface area contributed by atoms with Crippen molar-refractivity contribution in [1.82, 2.24) is 5.32 Å². The first-order valence-corrected chi connectivity index (χ1v) is 3.68. The summed E-state index contributed by atoms with van der Waals surface area (Å²) in [6, 6.07) is -0.495. The minimum Gasteiger partial charge on any atom is -0.392 e. The van der Waals surface area contributed by atoms with E-state index in [1.807, 2.05) is 13.8 Å². The van der Waals surface area contributed by atoms with Crippen molar-refractivity contribution in [2.75, 3.05) is 0 Å². The van der Waals surface area contributed by atoms with Gasteiger partial charge in [-0.3, -0.25) is 0 Å². The molecule has 0 radical (unpaired) electrons. The van der Waals surface area contributed by atoms with Crippen LogP contribution in [0.4, 0.5) is 4.79 Å². The van der Waals surface area contributed by atoms with Gasteiger partial charge in [-0.15, -0.1) is 0 Å². The maximum absolute atomic E-state index is 10.4. The van der Waals surface area contributed by atoms with Gasteiger partial charge in [0.15, 0.2) is 0 Å². The molecule has 2 amide bonds. The summed E-state index contributed by atoms with van der Waals surface area (Å²) in [5.41, 5.74) is 4.71. The monoisotopic (exact) mass is 158 g/mol. The van der Waals surface area contributed by atoms with Crippen LogP contribution in [0.1, 0.15) is 20.3 Å². The summed E-state index contributed by atoms with van der Waals surface area (Å²) in [4.78, 5) is 10.4. The van der Waals surface area contributed by atoms with Crippen LogP contribution in [-0.4, -0.2) is 23.3 Å². The van der Waals surface area contributed by atoms with Gasteiger partial charge in [-0.1, -0.05) is 13.8 Å². The number of carbonyl (C=O) groups is 1. The largest absolute Gasteiger partial charge is 0.392 e. The van der Waals surface area contributed by atoms with E-state index in [9.17, 15) is 9.90 Å². The van der Waals surface area contributed by atoms with Crippen LogP contribution in [0.5, 0.6) is 0 Å². The Morgan fingerprint density at radius 1 is 1.73 bits per heavy atom. The molecule has 1 saturated carbocycles. The summed E-state index contributed by atoms with van der Waals surface area (Å²) < 4.78 is 0. The second-order valence-corrected chi connectivity index (χ2v) is 3.63. The fourth-order valence-corrected chi connectivity index (χ4v) is 1.32. The van der Waals surface area contributed by atoms with Gasteiger partial charge in [0.2, 0.25) is 0 Å². The molecule has 4 heteroatoms. The Hall–Kier alpha value is -0.770. The first-order chi connectivity index (χ1) is 4.94. The Bertz CT molecular complexity index is 179. The molecule has 1 rings (SSSR count). The van der Waals surface area contributed by atoms with Crippen LogP contribution < -0.4 is 11.1 Å². The molecule has 0 saturated heterocycles. The molecule has 0 aromatic carbocycles. The number of hydrogen-bond acceptors (Lipinski definition) is 2. The molecule has 0 bridgehead atoms. The Kier molecular flexibility index (Phi) is 1.80. The number of aliphatic hydroxyl groups excluding tert-OH is 1. The van der Waals surface area contributed by atoms with E-state index in [2.05, 4.69) is 5.32 Å². The number of amides is 2. The molecule has 1 aliphatic carbocycles. The number of carbonyl (C=O) groups excluding carboxylic acids is 1. The summed E-state index contributed by atoms with van der Waals surface area (Å²) in [5.74, 6) is 0. The molecule has 4 N–H and O–H groups in total. The lowest BCUT2D eigenvalue weighted by Gasteiger charge is -2.49. The first kappa shape index (κ1) is 8.33. The number of primary amides is 1. The van der Waals surface area contributed by atoms with E-state index in [4.69, 9.17) is 5.73 Å². The molecular weight excluding hydrogens is 144 g/mol. The second-order valence-electron chi connectivity index (χ2n) is 3.63. The fourth-order valence-electron chi connectivity index (χ4n) is 1.32. The number of rotatable bonds is 1. The Morgan fingerprint density at radius 3 is 2.55 bits per heavy atom. The van der Waals surface area contributed by atoms with Crippen LogP contribution in [0.3, 0.4) is 0 Å². The zero-order chi connectivity index (χ0) is 8.65. The lowest BCUT2D eigenvalue weighted by atomic mass is 9.65. The SMILES string of the molecule is CC1(C)C(O)CC1NC(N)=O. The lowest BCUT2D eigenvalue weighted by molar-refractivity contribution is -0.0675. The van der Waals surface area contributed by atoms with E-state index >= 15 is 0 Å². The quantitative estimate of drug-likeness (QED) is 0.495. The molecular formula is C7H14N2O2. The normalized spacial score (nSPS) is 34.1. The van der Waals surface area contributed by atoms with Gasteiger partial charge in [-0.05, 0) is 6.42 Å².